The van der Waals surface area contributed by atoms with Crippen LogP contribution in [0.25, 0.3) is 0 Å². The van der Waals surface area contributed by atoms with Gasteiger partial charge >= 0.3 is 6.09 Å². The van der Waals surface area contributed by atoms with E-state index in [0.29, 0.717) is 33.9 Å². The van der Waals surface area contributed by atoms with Crippen LogP contribution in [-0.2, 0) is 14.3 Å². The van der Waals surface area contributed by atoms with Gasteiger partial charge in [-0.15, -0.1) is 0 Å². The molecule has 10 nitrogen and oxygen atoms in total. The van der Waals surface area contributed by atoms with Crippen molar-refractivity contribution in [2.45, 2.75) is 19.1 Å². The molecule has 0 aromatic heterocycles. The summed E-state index contributed by atoms with van der Waals surface area (Å²) in [5.74, 6) is -0.196. The van der Waals surface area contributed by atoms with Gasteiger partial charge in [-0.25, -0.2) is 4.79 Å². The number of hydrogen-bond donors (Lipinski definition) is 4. The summed E-state index contributed by atoms with van der Waals surface area (Å²) in [7, 11) is 1.41. The second kappa shape index (κ2) is 14.3. The maximum absolute atomic E-state index is 12.9. The molecule has 3 aromatic carbocycles. The average molecular weight is 534 g/mol. The number of ketones is 1. The van der Waals surface area contributed by atoms with Crippen LogP contribution < -0.4 is 21.1 Å². The summed E-state index contributed by atoms with van der Waals surface area (Å²) in [6.45, 7) is 1.25. The van der Waals surface area contributed by atoms with E-state index in [1.54, 1.807) is 72.8 Å². The van der Waals surface area contributed by atoms with Crippen LogP contribution in [0.2, 0.25) is 0 Å². The molecule has 0 saturated carbocycles. The number of rotatable bonds is 12. The summed E-state index contributed by atoms with van der Waals surface area (Å²) >= 11 is 0. The predicted octanol–water partition coefficient (Wildman–Crippen LogP) is 4.34. The number of benzene rings is 3. The molecule has 3 aromatic rings. The average Bonchev–Trinajstić information content (AvgIpc) is 2.93. The van der Waals surface area contributed by atoms with Gasteiger partial charge in [-0.3, -0.25) is 14.9 Å². The normalized spacial score (nSPS) is 12.4. The fraction of sp³-hybridized carbons (Fsp3) is 0.207. The lowest BCUT2D eigenvalue weighted by molar-refractivity contribution is -0.112. The van der Waals surface area contributed by atoms with Gasteiger partial charge in [0.15, 0.2) is 11.9 Å². The third kappa shape index (κ3) is 8.42. The van der Waals surface area contributed by atoms with E-state index in [1.165, 1.54) is 26.2 Å². The predicted molar refractivity (Wildman–Crippen MR) is 148 cm³/mol. The molecule has 0 unspecified atom stereocenters. The molecular weight excluding hydrogens is 502 g/mol. The van der Waals surface area contributed by atoms with Gasteiger partial charge in [0.2, 0.25) is 5.91 Å². The third-order valence-electron chi connectivity index (χ3n) is 5.57. The largest absolute Gasteiger partial charge is 0.491 e. The Morgan fingerprint density at radius 3 is 2.33 bits per heavy atom. The summed E-state index contributed by atoms with van der Waals surface area (Å²) in [6, 6.07) is 20.0. The number of nitrogens with one attached hydrogen (secondary N) is 2. The van der Waals surface area contributed by atoms with Crippen molar-refractivity contribution in [1.82, 2.24) is 0 Å². The quantitative estimate of drug-likeness (QED) is 0.153. The number of carbonyl (C=O) groups excluding carboxylic acids is 3. The first kappa shape index (κ1) is 28.9. The zero-order chi connectivity index (χ0) is 28.2. The lowest BCUT2D eigenvalue weighted by atomic mass is 10.0. The van der Waals surface area contributed by atoms with E-state index in [4.69, 9.17) is 19.9 Å². The van der Waals surface area contributed by atoms with Crippen LogP contribution in [0.15, 0.2) is 84.9 Å². The second-order valence-electron chi connectivity index (χ2n) is 8.33. The molecule has 2 amide bonds. The Hall–Kier alpha value is -4.67. The fourth-order valence-electron chi connectivity index (χ4n) is 3.63. The fourth-order valence-corrected chi connectivity index (χ4v) is 3.63. The molecule has 0 fully saturated rings. The van der Waals surface area contributed by atoms with Gasteiger partial charge < -0.3 is 30.4 Å². The van der Waals surface area contributed by atoms with Gasteiger partial charge in [-0.1, -0.05) is 30.3 Å². The highest BCUT2D eigenvalue weighted by Gasteiger charge is 2.29. The van der Waals surface area contributed by atoms with Crippen LogP contribution in [0.1, 0.15) is 28.9 Å². The van der Waals surface area contributed by atoms with Crippen molar-refractivity contribution in [3.8, 4) is 5.75 Å². The number of anilines is 3. The number of amides is 2. The van der Waals surface area contributed by atoms with Crippen molar-refractivity contribution in [1.29, 1.82) is 0 Å². The Morgan fingerprint density at radius 2 is 1.67 bits per heavy atom. The molecule has 5 N–H and O–H groups in total. The minimum atomic E-state index is -1.05. The first-order valence-electron chi connectivity index (χ1n) is 12.1. The SMILES string of the molecule is CO[C@@H](/C=C/C(=O)Nc1ccccc1N)[C@@H](OC(=O)Nc1ccc(C(C)=O)cc1)c1ccccc1OCCO. The van der Waals surface area contributed by atoms with Crippen molar-refractivity contribution in [3.05, 3.63) is 96.1 Å². The zero-order valence-electron chi connectivity index (χ0n) is 21.6. The van der Waals surface area contributed by atoms with Gasteiger partial charge in [0, 0.05) is 30.0 Å². The molecule has 2 atom stereocenters. The molecule has 0 heterocycles. The van der Waals surface area contributed by atoms with E-state index in [1.807, 2.05) is 0 Å². The monoisotopic (exact) mass is 533 g/mol. The number of hydrogen-bond acceptors (Lipinski definition) is 8. The van der Waals surface area contributed by atoms with E-state index in [0.717, 1.165) is 0 Å². The van der Waals surface area contributed by atoms with Crippen molar-refractivity contribution >= 4 is 34.8 Å². The first-order chi connectivity index (χ1) is 18.8. The highest BCUT2D eigenvalue weighted by molar-refractivity contribution is 6.01. The van der Waals surface area contributed by atoms with Gasteiger partial charge in [-0.2, -0.15) is 0 Å². The van der Waals surface area contributed by atoms with Gasteiger partial charge in [-0.05, 0) is 55.5 Å². The molecule has 0 radical (unpaired) electrons. The lowest BCUT2D eigenvalue weighted by Crippen LogP contribution is -2.27. The molecule has 0 aliphatic carbocycles. The minimum absolute atomic E-state index is 0.0207. The number of nitrogens with two attached hydrogens (primary N) is 1. The smallest absolute Gasteiger partial charge is 0.412 e. The Morgan fingerprint density at radius 1 is 0.974 bits per heavy atom. The summed E-state index contributed by atoms with van der Waals surface area (Å²) in [6.07, 6.45) is -0.0472. The number of aliphatic hydroxyl groups is 1. The molecule has 39 heavy (non-hydrogen) atoms. The van der Waals surface area contributed by atoms with Crippen molar-refractivity contribution in [2.75, 3.05) is 36.7 Å². The molecule has 0 spiro atoms. The van der Waals surface area contributed by atoms with Crippen LogP contribution in [0.3, 0.4) is 0 Å². The van der Waals surface area contributed by atoms with Gasteiger partial charge in [0.25, 0.3) is 0 Å². The molecule has 0 bridgehead atoms. The van der Waals surface area contributed by atoms with Crippen molar-refractivity contribution in [3.63, 3.8) is 0 Å². The molecule has 204 valence electrons. The van der Waals surface area contributed by atoms with E-state index >= 15 is 0 Å². The maximum Gasteiger partial charge on any atom is 0.412 e. The summed E-state index contributed by atoms with van der Waals surface area (Å²) in [5.41, 5.74) is 8.13. The highest BCUT2D eigenvalue weighted by Crippen LogP contribution is 2.32. The Kier molecular flexibility index (Phi) is 10.6. The number of nitrogen functional groups attached to an aromatic ring is 1. The molecule has 3 rings (SSSR count). The van der Waals surface area contributed by atoms with E-state index in [-0.39, 0.29) is 19.0 Å². The second-order valence-corrected chi connectivity index (χ2v) is 8.33. The zero-order valence-corrected chi connectivity index (χ0v) is 21.6. The maximum atomic E-state index is 12.9. The van der Waals surface area contributed by atoms with Gasteiger partial charge in [0.1, 0.15) is 18.5 Å². The Balaban J connectivity index is 1.85. The van der Waals surface area contributed by atoms with Crippen LogP contribution >= 0.6 is 0 Å². The number of aliphatic hydroxyl groups excluding tert-OH is 1. The molecule has 10 heteroatoms. The van der Waals surface area contributed by atoms with Crippen LogP contribution in [0.4, 0.5) is 21.9 Å². The summed E-state index contributed by atoms with van der Waals surface area (Å²) in [5, 5.41) is 14.5. The standard InChI is InChI=1S/C29H31N3O7/c1-19(34)20-11-13-21(14-12-20)31-29(36)39-28(22-7-3-6-10-25(22)38-18-17-33)26(37-2)15-16-27(35)32-24-9-5-4-8-23(24)30/h3-16,26,28,33H,17-18,30H2,1-2H3,(H,31,36)(H,32,35)/b16-15+/t26-,28-/m0/s1. The van der Waals surface area contributed by atoms with E-state index < -0.39 is 24.2 Å². The Labute approximate surface area is 226 Å². The van der Waals surface area contributed by atoms with E-state index in [2.05, 4.69) is 10.6 Å². The lowest BCUT2D eigenvalue weighted by Gasteiger charge is -2.26. The van der Waals surface area contributed by atoms with Crippen LogP contribution in [0.5, 0.6) is 5.75 Å². The first-order valence-corrected chi connectivity index (χ1v) is 12.1. The number of carbonyl (C=O) groups is 3. The Bertz CT molecular complexity index is 1310. The number of ether oxygens (including phenoxy) is 3. The number of methoxy groups -OCH3 is 1. The summed E-state index contributed by atoms with van der Waals surface area (Å²) in [4.78, 5) is 37.0. The third-order valence-corrected chi connectivity index (χ3v) is 5.57. The van der Waals surface area contributed by atoms with Crippen molar-refractivity contribution in [2.24, 2.45) is 0 Å². The summed E-state index contributed by atoms with van der Waals surface area (Å²) < 4.78 is 17.0. The topological polar surface area (TPSA) is 149 Å². The van der Waals surface area contributed by atoms with Crippen molar-refractivity contribution < 1.29 is 33.7 Å². The van der Waals surface area contributed by atoms with Crippen LogP contribution in [-0.4, -0.2) is 49.3 Å². The highest BCUT2D eigenvalue weighted by atomic mass is 16.6. The molecule has 0 saturated heterocycles. The molecule has 0 aliphatic heterocycles. The number of para-hydroxylation sites is 3. The molecular formula is C29H31N3O7. The van der Waals surface area contributed by atoms with Gasteiger partial charge in [0.05, 0.1) is 18.0 Å². The number of Topliss-reactive ketones (excluding diaryl/α,β-unsaturated/α-hetero) is 1. The van der Waals surface area contributed by atoms with E-state index in [9.17, 15) is 19.5 Å². The van der Waals surface area contributed by atoms with Crippen LogP contribution in [0, 0.1) is 0 Å². The molecule has 0 aliphatic rings. The minimum Gasteiger partial charge on any atom is -0.491 e.